The van der Waals surface area contributed by atoms with Gasteiger partial charge in [0.25, 0.3) is 5.91 Å². The highest BCUT2D eigenvalue weighted by molar-refractivity contribution is 5.96. The van der Waals surface area contributed by atoms with Gasteiger partial charge in [0.15, 0.2) is 0 Å². The Labute approximate surface area is 232 Å². The van der Waals surface area contributed by atoms with E-state index in [1.54, 1.807) is 6.07 Å². The minimum Gasteiger partial charge on any atom is -0.399 e. The molecule has 202 valence electrons. The molecule has 1 aromatic heterocycles. The second-order valence-corrected chi connectivity index (χ2v) is 10.2. The molecular formula is C33H39N5O. The van der Waals surface area contributed by atoms with Crippen LogP contribution in [0.25, 0.3) is 11.3 Å². The molecule has 0 spiro atoms. The van der Waals surface area contributed by atoms with Gasteiger partial charge < -0.3 is 21.7 Å². The molecule has 5 N–H and O–H groups in total. The van der Waals surface area contributed by atoms with E-state index >= 15 is 0 Å². The summed E-state index contributed by atoms with van der Waals surface area (Å²) in [5.41, 5.74) is 14.6. The topological polar surface area (TPSA) is 92.1 Å². The van der Waals surface area contributed by atoms with E-state index in [0.717, 1.165) is 34.8 Å². The summed E-state index contributed by atoms with van der Waals surface area (Å²) in [5.74, 6) is 0.608. The van der Waals surface area contributed by atoms with E-state index < -0.39 is 0 Å². The number of nitrogens with two attached hydrogens (primary N) is 1. The lowest BCUT2D eigenvalue weighted by Gasteiger charge is -2.21. The van der Waals surface area contributed by atoms with Crippen LogP contribution >= 0.6 is 0 Å². The number of anilines is 2. The number of nitrogens with one attached hydrogen (secondary N) is 3. The number of carbonyl (C=O) groups excluding carboxylic acids is 1. The Balaban J connectivity index is 1.36. The van der Waals surface area contributed by atoms with Crippen LogP contribution < -0.4 is 21.7 Å². The molecule has 1 heterocycles. The molecule has 1 aliphatic carbocycles. The van der Waals surface area contributed by atoms with Crippen molar-refractivity contribution in [3.05, 3.63) is 114 Å². The summed E-state index contributed by atoms with van der Waals surface area (Å²) in [7, 11) is 0. The largest absolute Gasteiger partial charge is 0.399 e. The molecule has 1 saturated carbocycles. The van der Waals surface area contributed by atoms with E-state index in [4.69, 9.17) is 5.73 Å². The molecule has 2 aromatic carbocycles. The predicted molar refractivity (Wildman–Crippen MR) is 163 cm³/mol. The Bertz CT molecular complexity index is 1350. The Morgan fingerprint density at radius 1 is 1.05 bits per heavy atom. The van der Waals surface area contributed by atoms with Crippen LogP contribution in [0.2, 0.25) is 0 Å². The van der Waals surface area contributed by atoms with Crippen molar-refractivity contribution in [3.63, 3.8) is 0 Å². The van der Waals surface area contributed by atoms with E-state index in [2.05, 4.69) is 54.0 Å². The summed E-state index contributed by atoms with van der Waals surface area (Å²) in [6, 6.07) is 19.5. The molecule has 0 radical (unpaired) electrons. The number of pyridine rings is 1. The Morgan fingerprint density at radius 3 is 2.41 bits per heavy atom. The normalized spacial score (nSPS) is 13.1. The van der Waals surface area contributed by atoms with Crippen LogP contribution in [0.1, 0.15) is 73.0 Å². The summed E-state index contributed by atoms with van der Waals surface area (Å²) in [5, 5.41) is 9.85. The zero-order valence-corrected chi connectivity index (χ0v) is 23.0. The van der Waals surface area contributed by atoms with Crippen LogP contribution in [0.5, 0.6) is 0 Å². The number of amides is 1. The lowest BCUT2D eigenvalue weighted by Crippen LogP contribution is -2.35. The van der Waals surface area contributed by atoms with Gasteiger partial charge >= 0.3 is 0 Å². The van der Waals surface area contributed by atoms with Crippen LogP contribution in [0.4, 0.5) is 11.5 Å². The third kappa shape index (κ3) is 7.38. The average Bonchev–Trinajstić information content (AvgIpc) is 2.91. The monoisotopic (exact) mass is 521 g/mol. The number of carbonyl (C=O) groups is 1. The molecule has 6 heteroatoms. The SMILES string of the molecule is C=C(CC(CC)NC(=O)c1ccc(C(=C)N)c(NCc2ccccc2)c1)Nc1ccc(C(C)=C2CCC2)cn1. The first kappa shape index (κ1) is 27.7. The van der Waals surface area contributed by atoms with E-state index in [1.807, 2.05) is 54.7 Å². The van der Waals surface area contributed by atoms with E-state index in [0.29, 0.717) is 24.2 Å². The van der Waals surface area contributed by atoms with Gasteiger partial charge in [-0.3, -0.25) is 4.79 Å². The van der Waals surface area contributed by atoms with Crippen molar-refractivity contribution < 1.29 is 4.79 Å². The van der Waals surface area contributed by atoms with Crippen molar-refractivity contribution in [3.8, 4) is 0 Å². The number of rotatable bonds is 12. The second-order valence-electron chi connectivity index (χ2n) is 10.2. The third-order valence-corrected chi connectivity index (χ3v) is 7.26. The molecule has 1 amide bonds. The van der Waals surface area contributed by atoms with Gasteiger partial charge in [-0.05, 0) is 73.6 Å². The quantitative estimate of drug-likeness (QED) is 0.204. The van der Waals surface area contributed by atoms with Gasteiger partial charge in [0.1, 0.15) is 5.82 Å². The Kier molecular flexibility index (Phi) is 9.21. The van der Waals surface area contributed by atoms with E-state index in [9.17, 15) is 4.79 Å². The van der Waals surface area contributed by atoms with Crippen LogP contribution in [0, 0.1) is 0 Å². The second kappa shape index (κ2) is 13.0. The first-order valence-electron chi connectivity index (χ1n) is 13.6. The minimum absolute atomic E-state index is 0.0766. The maximum atomic E-state index is 13.2. The third-order valence-electron chi connectivity index (χ3n) is 7.26. The number of nitrogens with zero attached hydrogens (tertiary/aromatic N) is 1. The molecule has 0 saturated heterocycles. The van der Waals surface area contributed by atoms with Crippen LogP contribution in [-0.4, -0.2) is 16.9 Å². The van der Waals surface area contributed by atoms with Crippen molar-refractivity contribution in [2.75, 3.05) is 10.6 Å². The lowest BCUT2D eigenvalue weighted by molar-refractivity contribution is 0.0936. The highest BCUT2D eigenvalue weighted by Crippen LogP contribution is 2.33. The summed E-state index contributed by atoms with van der Waals surface area (Å²) in [4.78, 5) is 17.8. The van der Waals surface area contributed by atoms with Gasteiger partial charge in [0, 0.05) is 53.4 Å². The van der Waals surface area contributed by atoms with Crippen LogP contribution in [0.3, 0.4) is 0 Å². The number of hydrogen-bond acceptors (Lipinski definition) is 5. The number of hydrogen-bond donors (Lipinski definition) is 4. The van der Waals surface area contributed by atoms with Crippen molar-refractivity contribution in [2.45, 2.75) is 58.5 Å². The molecule has 0 bridgehead atoms. The zero-order valence-electron chi connectivity index (χ0n) is 23.0. The van der Waals surface area contributed by atoms with Gasteiger partial charge in [-0.15, -0.1) is 0 Å². The average molecular weight is 522 g/mol. The first-order chi connectivity index (χ1) is 18.8. The molecule has 1 unspecified atom stereocenters. The fraction of sp³-hybridized carbons (Fsp3) is 0.273. The number of benzene rings is 2. The first-order valence-corrected chi connectivity index (χ1v) is 13.6. The molecule has 39 heavy (non-hydrogen) atoms. The molecular weight excluding hydrogens is 482 g/mol. The highest BCUT2D eigenvalue weighted by atomic mass is 16.1. The molecule has 1 fully saturated rings. The van der Waals surface area contributed by atoms with Crippen molar-refractivity contribution >= 4 is 28.7 Å². The zero-order chi connectivity index (χ0) is 27.8. The molecule has 0 aliphatic heterocycles. The van der Waals surface area contributed by atoms with Gasteiger partial charge in [0.05, 0.1) is 0 Å². The highest BCUT2D eigenvalue weighted by Gasteiger charge is 2.16. The summed E-state index contributed by atoms with van der Waals surface area (Å²) >= 11 is 0. The number of allylic oxidation sites excluding steroid dienone is 2. The lowest BCUT2D eigenvalue weighted by atomic mass is 9.86. The molecule has 4 rings (SSSR count). The standard InChI is InChI=1S/C33H39N5O/c1-5-29(18-22(2)37-32-17-15-28(21-36-32)23(3)26-12-9-13-26)38-33(39)27-14-16-30(24(4)34)31(19-27)35-20-25-10-7-6-8-11-25/h6-8,10-11,14-17,19,21,29,35H,2,4-5,9,12-13,18,20,34H2,1,3H3,(H,36,37)(H,38,39). The van der Waals surface area contributed by atoms with Gasteiger partial charge in [-0.25, -0.2) is 4.98 Å². The number of aromatic nitrogens is 1. The molecule has 1 atom stereocenters. The van der Waals surface area contributed by atoms with Gasteiger partial charge in [0.2, 0.25) is 0 Å². The fourth-order valence-electron chi connectivity index (χ4n) is 4.62. The Hall–Kier alpha value is -4.32. The van der Waals surface area contributed by atoms with Crippen molar-refractivity contribution in [2.24, 2.45) is 5.73 Å². The maximum Gasteiger partial charge on any atom is 0.251 e. The smallest absolute Gasteiger partial charge is 0.251 e. The van der Waals surface area contributed by atoms with E-state index in [1.165, 1.54) is 36.0 Å². The van der Waals surface area contributed by atoms with E-state index in [-0.39, 0.29) is 11.9 Å². The van der Waals surface area contributed by atoms with Gasteiger partial charge in [-0.1, -0.05) is 62.1 Å². The summed E-state index contributed by atoms with van der Waals surface area (Å²) in [6.45, 7) is 12.9. The van der Waals surface area contributed by atoms with Gasteiger partial charge in [-0.2, -0.15) is 0 Å². The van der Waals surface area contributed by atoms with Crippen LogP contribution in [0.15, 0.2) is 91.3 Å². The van der Waals surface area contributed by atoms with Crippen LogP contribution in [-0.2, 0) is 6.54 Å². The fourth-order valence-corrected chi connectivity index (χ4v) is 4.62. The molecule has 6 nitrogen and oxygen atoms in total. The van der Waals surface area contributed by atoms with Crippen molar-refractivity contribution in [1.82, 2.24) is 10.3 Å². The van der Waals surface area contributed by atoms with Crippen molar-refractivity contribution in [1.29, 1.82) is 0 Å². The Morgan fingerprint density at radius 2 is 1.79 bits per heavy atom. The molecule has 3 aromatic rings. The minimum atomic E-state index is -0.145. The molecule has 1 aliphatic rings. The predicted octanol–water partition coefficient (Wildman–Crippen LogP) is 7.10. The maximum absolute atomic E-state index is 13.2. The summed E-state index contributed by atoms with van der Waals surface area (Å²) in [6.07, 6.45) is 6.96. The summed E-state index contributed by atoms with van der Waals surface area (Å²) < 4.78 is 0.